The van der Waals surface area contributed by atoms with Gasteiger partial charge in [-0.25, -0.2) is 0 Å². The van der Waals surface area contributed by atoms with Crippen LogP contribution in [0.3, 0.4) is 0 Å². The Labute approximate surface area is 131 Å². The van der Waals surface area contributed by atoms with Crippen LogP contribution in [0.25, 0.3) is 0 Å². The molecule has 0 aromatic carbocycles. The molecule has 1 aliphatic carbocycles. The van der Waals surface area contributed by atoms with Gasteiger partial charge in [0.1, 0.15) is 0 Å². The van der Waals surface area contributed by atoms with E-state index in [0.717, 1.165) is 18.8 Å². The van der Waals surface area contributed by atoms with Crippen molar-refractivity contribution >= 4 is 17.7 Å². The molecular weight excluding hydrogens is 284 g/mol. The fourth-order valence-electron chi connectivity index (χ4n) is 2.59. The van der Waals surface area contributed by atoms with Gasteiger partial charge in [0.05, 0.1) is 11.9 Å². The van der Waals surface area contributed by atoms with E-state index >= 15 is 0 Å². The van der Waals surface area contributed by atoms with Crippen LogP contribution in [0.5, 0.6) is 0 Å². The topological polar surface area (TPSA) is 51.2 Å². The van der Waals surface area contributed by atoms with Gasteiger partial charge in [0.2, 0.25) is 5.91 Å². The molecule has 1 N–H and O–H groups in total. The maximum atomic E-state index is 12.0. The van der Waals surface area contributed by atoms with E-state index in [1.807, 2.05) is 19.1 Å². The fourth-order valence-corrected chi connectivity index (χ4v) is 3.39. The summed E-state index contributed by atoms with van der Waals surface area (Å²) in [6.45, 7) is 7.06. The average molecular weight is 308 g/mol. The van der Waals surface area contributed by atoms with Crippen molar-refractivity contribution < 1.29 is 9.53 Å². The number of amides is 1. The first-order valence-corrected chi connectivity index (χ1v) is 8.57. The van der Waals surface area contributed by atoms with Gasteiger partial charge in [-0.15, -0.1) is 11.8 Å². The van der Waals surface area contributed by atoms with E-state index in [1.54, 1.807) is 24.2 Å². The molecule has 1 heterocycles. The summed E-state index contributed by atoms with van der Waals surface area (Å²) >= 11 is 1.63. The molecule has 1 aromatic heterocycles. The van der Waals surface area contributed by atoms with Crippen LogP contribution in [0, 0.1) is 5.41 Å². The van der Waals surface area contributed by atoms with E-state index in [-0.39, 0.29) is 23.5 Å². The molecule has 1 saturated carbocycles. The lowest BCUT2D eigenvalue weighted by atomic mass is 9.64. The van der Waals surface area contributed by atoms with E-state index in [9.17, 15) is 4.79 Å². The molecule has 4 nitrogen and oxygen atoms in total. The highest BCUT2D eigenvalue weighted by atomic mass is 32.2. The molecule has 5 heteroatoms. The molecule has 0 radical (unpaired) electrons. The Morgan fingerprint density at radius 1 is 1.48 bits per heavy atom. The van der Waals surface area contributed by atoms with Crippen LogP contribution in [-0.2, 0) is 15.3 Å². The van der Waals surface area contributed by atoms with Crippen molar-refractivity contribution in [3.8, 4) is 0 Å². The van der Waals surface area contributed by atoms with Crippen molar-refractivity contribution in [1.82, 2.24) is 10.3 Å². The first-order chi connectivity index (χ1) is 10.0. The lowest BCUT2D eigenvalue weighted by Gasteiger charge is -2.51. The minimum atomic E-state index is 0.0292. The number of carbonyl (C=O) groups is 1. The van der Waals surface area contributed by atoms with Crippen LogP contribution >= 0.6 is 11.8 Å². The van der Waals surface area contributed by atoms with E-state index in [4.69, 9.17) is 4.74 Å². The van der Waals surface area contributed by atoms with Crippen LogP contribution in [0.1, 0.15) is 32.8 Å². The van der Waals surface area contributed by atoms with Crippen LogP contribution < -0.4 is 5.32 Å². The quantitative estimate of drug-likeness (QED) is 0.841. The highest BCUT2D eigenvalue weighted by Crippen LogP contribution is 2.42. The van der Waals surface area contributed by atoms with E-state index in [0.29, 0.717) is 5.75 Å². The molecule has 0 saturated heterocycles. The maximum absolute atomic E-state index is 12.0. The number of pyridine rings is 1. The van der Waals surface area contributed by atoms with E-state index in [2.05, 4.69) is 24.1 Å². The van der Waals surface area contributed by atoms with Crippen LogP contribution in [0.15, 0.2) is 24.5 Å². The molecular formula is C16H24N2O2S. The number of hydrogen-bond acceptors (Lipinski definition) is 4. The largest absolute Gasteiger partial charge is 0.378 e. The molecule has 0 spiro atoms. The van der Waals surface area contributed by atoms with Crippen LogP contribution in [0.4, 0.5) is 0 Å². The van der Waals surface area contributed by atoms with E-state index in [1.165, 1.54) is 5.56 Å². The summed E-state index contributed by atoms with van der Waals surface area (Å²) in [5.41, 5.74) is 1.23. The number of hydrogen-bond donors (Lipinski definition) is 1. The van der Waals surface area contributed by atoms with Gasteiger partial charge in [-0.3, -0.25) is 9.78 Å². The number of aromatic nitrogens is 1. The summed E-state index contributed by atoms with van der Waals surface area (Å²) in [6.07, 6.45) is 4.74. The monoisotopic (exact) mass is 308 g/mol. The molecule has 116 valence electrons. The van der Waals surface area contributed by atoms with Crippen molar-refractivity contribution in [3.05, 3.63) is 30.1 Å². The Balaban J connectivity index is 1.69. The number of nitrogens with one attached hydrogen (secondary N) is 1. The summed E-state index contributed by atoms with van der Waals surface area (Å²) in [5, 5.41) is 3.13. The number of rotatable bonds is 7. The number of carbonyl (C=O) groups excluding carboxylic acids is 1. The SMILES string of the molecule is CCO[C@@H]1C[C@H](NC(=O)CSCc2ccncc2)C1(C)C. The molecule has 1 aromatic rings. The predicted molar refractivity (Wildman–Crippen MR) is 86.1 cm³/mol. The van der Waals surface area contributed by atoms with Gasteiger partial charge in [-0.05, 0) is 31.0 Å². The third-order valence-electron chi connectivity index (χ3n) is 4.13. The second kappa shape index (κ2) is 7.27. The zero-order valence-corrected chi connectivity index (χ0v) is 13.8. The molecule has 21 heavy (non-hydrogen) atoms. The highest BCUT2D eigenvalue weighted by Gasteiger charge is 2.49. The van der Waals surface area contributed by atoms with Crippen molar-refractivity contribution in [2.45, 2.75) is 45.1 Å². The predicted octanol–water partition coefficient (Wildman–Crippen LogP) is 2.63. The van der Waals surface area contributed by atoms with Crippen LogP contribution in [-0.4, -0.2) is 35.4 Å². The lowest BCUT2D eigenvalue weighted by molar-refractivity contribution is -0.134. The number of ether oxygens (including phenoxy) is 1. The Morgan fingerprint density at radius 3 is 2.81 bits per heavy atom. The van der Waals surface area contributed by atoms with Gasteiger partial charge in [0.15, 0.2) is 0 Å². The smallest absolute Gasteiger partial charge is 0.230 e. The summed E-state index contributed by atoms with van der Waals surface area (Å²) in [6, 6.07) is 4.18. The summed E-state index contributed by atoms with van der Waals surface area (Å²) < 4.78 is 5.68. The molecule has 1 aliphatic rings. The van der Waals surface area contributed by atoms with Gasteiger partial charge < -0.3 is 10.1 Å². The van der Waals surface area contributed by atoms with Gasteiger partial charge >= 0.3 is 0 Å². The molecule has 0 bridgehead atoms. The first-order valence-electron chi connectivity index (χ1n) is 7.41. The molecule has 1 fully saturated rings. The second-order valence-corrected chi connectivity index (χ2v) is 6.96. The van der Waals surface area contributed by atoms with Crippen molar-refractivity contribution in [3.63, 3.8) is 0 Å². The second-order valence-electron chi connectivity index (χ2n) is 5.97. The summed E-state index contributed by atoms with van der Waals surface area (Å²) in [7, 11) is 0. The van der Waals surface area contributed by atoms with Gasteiger partial charge in [-0.1, -0.05) is 13.8 Å². The number of thioether (sulfide) groups is 1. The van der Waals surface area contributed by atoms with Crippen molar-refractivity contribution in [2.75, 3.05) is 12.4 Å². The minimum Gasteiger partial charge on any atom is -0.378 e. The zero-order valence-electron chi connectivity index (χ0n) is 13.0. The lowest BCUT2D eigenvalue weighted by Crippen LogP contribution is -2.62. The Bertz CT molecular complexity index is 465. The van der Waals surface area contributed by atoms with Crippen LogP contribution in [0.2, 0.25) is 0 Å². The summed E-state index contributed by atoms with van der Waals surface area (Å²) in [5.74, 6) is 1.45. The van der Waals surface area contributed by atoms with E-state index < -0.39 is 0 Å². The standard InChI is InChI=1S/C16H24N2O2S/c1-4-20-14-9-13(16(14,2)3)18-15(19)11-21-10-12-5-7-17-8-6-12/h5-8,13-14H,4,9-11H2,1-3H3,(H,18,19)/t13-,14+/m0/s1. The van der Waals surface area contributed by atoms with Gasteiger partial charge in [0, 0.05) is 36.2 Å². The number of nitrogens with zero attached hydrogens (tertiary/aromatic N) is 1. The zero-order chi connectivity index (χ0) is 15.3. The van der Waals surface area contributed by atoms with Crippen molar-refractivity contribution in [1.29, 1.82) is 0 Å². The minimum absolute atomic E-state index is 0.0292. The normalized spacial score (nSPS) is 23.4. The summed E-state index contributed by atoms with van der Waals surface area (Å²) in [4.78, 5) is 16.0. The molecule has 2 atom stereocenters. The molecule has 2 rings (SSSR count). The Morgan fingerprint density at radius 2 is 2.19 bits per heavy atom. The van der Waals surface area contributed by atoms with Gasteiger partial charge in [-0.2, -0.15) is 0 Å². The van der Waals surface area contributed by atoms with Crippen molar-refractivity contribution in [2.24, 2.45) is 5.41 Å². The fraction of sp³-hybridized carbons (Fsp3) is 0.625. The third-order valence-corrected chi connectivity index (χ3v) is 5.14. The molecule has 1 amide bonds. The Kier molecular flexibility index (Phi) is 5.65. The third kappa shape index (κ3) is 4.20. The average Bonchev–Trinajstić information content (AvgIpc) is 2.47. The maximum Gasteiger partial charge on any atom is 0.230 e. The molecule has 0 unspecified atom stereocenters. The molecule has 0 aliphatic heterocycles. The highest BCUT2D eigenvalue weighted by molar-refractivity contribution is 7.99. The first kappa shape index (κ1) is 16.3. The van der Waals surface area contributed by atoms with Gasteiger partial charge in [0.25, 0.3) is 0 Å². The Hall–Kier alpha value is -1.07.